The van der Waals surface area contributed by atoms with E-state index >= 15 is 0 Å². The molecule has 2 aliphatic rings. The maximum Gasteiger partial charge on any atom is 0.362 e. The van der Waals surface area contributed by atoms with E-state index in [-0.39, 0.29) is 40.3 Å². The Bertz CT molecular complexity index is 2470. The molecule has 2 N–H and O–H groups in total. The molecule has 2 aromatic heterocycles. The van der Waals surface area contributed by atoms with Gasteiger partial charge in [-0.05, 0) is 94.1 Å². The molecular weight excluding hydrogens is 929 g/mol. The van der Waals surface area contributed by atoms with Gasteiger partial charge in [-0.25, -0.2) is 23.9 Å². The highest BCUT2D eigenvalue weighted by Crippen LogP contribution is 2.33. The van der Waals surface area contributed by atoms with E-state index < -0.39 is 99.0 Å². The van der Waals surface area contributed by atoms with E-state index in [0.717, 1.165) is 0 Å². The van der Waals surface area contributed by atoms with Crippen molar-refractivity contribution < 1.29 is 60.9 Å². The summed E-state index contributed by atoms with van der Waals surface area (Å²) >= 11 is 2.54. The smallest absolute Gasteiger partial charge is 0.362 e. The van der Waals surface area contributed by atoms with Crippen molar-refractivity contribution in [3.05, 3.63) is 53.0 Å². The van der Waals surface area contributed by atoms with Crippen molar-refractivity contribution in [2.75, 3.05) is 13.1 Å². The SMILES string of the molecule is Cc1nc(/C(=N/OC(C)(C)C(=O)OC(C)(C)C)C(=O)C[C@@H]2C(=O)N(S(=O)(=O)O)[C@@H]2CN=[N+]=[N-])cs1.Cc1nc(/C(=N/OC(C)(C)C(=O)OC(C)(C)C)C(=O)C[C@@H]2C(=O)N[C@@H]2CN=[N+]=[N-])cs1. The van der Waals surface area contributed by atoms with Gasteiger partial charge in [0.1, 0.15) is 22.6 Å². The maximum absolute atomic E-state index is 13.1. The molecule has 2 amide bonds. The number of nitrogens with zero attached hydrogens (tertiary/aromatic N) is 11. The molecule has 2 aliphatic heterocycles. The second-order valence-electron chi connectivity index (χ2n) is 17.7. The van der Waals surface area contributed by atoms with Crippen LogP contribution in [0.2, 0.25) is 0 Å². The number of esters is 2. The standard InChI is InChI=1S/C19H26N6O8S2.C19H26N6O5S/c1-10-22-12(9-34-10)15(23-33-19(5,6)17(28)32-18(2,3)4)14(26)7-11-13(8-21-24-20)25(16(11)27)35(29,30)31;1-10-22-13(9-31-10)15(24-30-19(5,6)17(28)29-18(2,3)4)14(26)7-11-12(8-21-25-20)23-16(11)27/h9,11,13H,7-8H2,1-6H3,(H,29,30,31);9,11-12H,7-8H2,1-6H3,(H,23,27)/b23-15-;24-15-/t11-,13+;11-,12+/m00/s1. The van der Waals surface area contributed by atoms with Crippen LogP contribution in [0.5, 0.6) is 0 Å². The minimum Gasteiger partial charge on any atom is -0.457 e. The van der Waals surface area contributed by atoms with Gasteiger partial charge in [0.25, 0.3) is 0 Å². The molecule has 25 nitrogen and oxygen atoms in total. The van der Waals surface area contributed by atoms with Gasteiger partial charge < -0.3 is 24.5 Å². The number of aromatic nitrogens is 2. The average molecular weight is 981 g/mol. The van der Waals surface area contributed by atoms with Crippen molar-refractivity contribution in [2.45, 2.75) is 130 Å². The monoisotopic (exact) mass is 980 g/mol. The molecule has 66 heavy (non-hydrogen) atoms. The number of nitrogens with one attached hydrogen (secondary N) is 1. The van der Waals surface area contributed by atoms with Gasteiger partial charge in [0.15, 0.2) is 23.0 Å². The number of rotatable bonds is 19. The predicted octanol–water partition coefficient (Wildman–Crippen LogP) is 4.87. The molecule has 2 saturated heterocycles. The highest BCUT2D eigenvalue weighted by Gasteiger charge is 2.53. The van der Waals surface area contributed by atoms with Crippen molar-refractivity contribution in [3.8, 4) is 0 Å². The first-order valence-electron chi connectivity index (χ1n) is 19.8. The molecule has 28 heteroatoms. The number of oxime groups is 2. The van der Waals surface area contributed by atoms with Gasteiger partial charge in [0, 0.05) is 52.6 Å². The summed E-state index contributed by atoms with van der Waals surface area (Å²) in [7, 11) is -4.91. The van der Waals surface area contributed by atoms with Gasteiger partial charge in [-0.15, -0.1) is 22.7 Å². The number of thiazole rings is 2. The number of ether oxygens (including phenoxy) is 2. The fourth-order valence-electron chi connectivity index (χ4n) is 5.63. The third-order valence-electron chi connectivity index (χ3n) is 8.95. The zero-order valence-electron chi connectivity index (χ0n) is 38.3. The van der Waals surface area contributed by atoms with E-state index in [2.05, 4.69) is 45.6 Å². The largest absolute Gasteiger partial charge is 0.457 e. The highest BCUT2D eigenvalue weighted by molar-refractivity contribution is 7.84. The van der Waals surface area contributed by atoms with E-state index in [0.29, 0.717) is 15.7 Å². The predicted molar refractivity (Wildman–Crippen MR) is 237 cm³/mol. The summed E-state index contributed by atoms with van der Waals surface area (Å²) in [5, 5.41) is 21.6. The number of amides is 2. The van der Waals surface area contributed by atoms with Gasteiger partial charge in [-0.2, -0.15) is 8.42 Å². The molecule has 4 atom stereocenters. The summed E-state index contributed by atoms with van der Waals surface area (Å²) in [5.74, 6) is -5.80. The van der Waals surface area contributed by atoms with Crippen LogP contribution in [0.3, 0.4) is 0 Å². The van der Waals surface area contributed by atoms with E-state index in [1.807, 2.05) is 0 Å². The number of Topliss-reactive ketones (excluding diaryl/α,β-unsaturated/α-hetero) is 2. The molecule has 4 heterocycles. The Balaban J connectivity index is 0.000000353. The minimum absolute atomic E-state index is 0.0463. The lowest BCUT2D eigenvalue weighted by Crippen LogP contribution is -2.64. The van der Waals surface area contributed by atoms with Crippen molar-refractivity contribution >= 4 is 79.7 Å². The quantitative estimate of drug-likeness (QED) is 0.0277. The van der Waals surface area contributed by atoms with Crippen LogP contribution in [-0.4, -0.2) is 122 Å². The van der Waals surface area contributed by atoms with Crippen LogP contribution in [0.25, 0.3) is 20.9 Å². The lowest BCUT2D eigenvalue weighted by molar-refractivity contribution is -0.180. The number of azide groups is 2. The normalized spacial score (nSPS) is 19.0. The van der Waals surface area contributed by atoms with Crippen LogP contribution >= 0.6 is 22.7 Å². The van der Waals surface area contributed by atoms with Gasteiger partial charge in [-0.3, -0.25) is 23.7 Å². The number of β-lactam (4-membered cyclic amide) rings is 2. The molecule has 4 rings (SSSR count). The summed E-state index contributed by atoms with van der Waals surface area (Å²) in [6, 6.07) is -1.68. The molecule has 0 radical (unpaired) electrons. The zero-order chi connectivity index (χ0) is 50.2. The first-order valence-corrected chi connectivity index (χ1v) is 23.0. The van der Waals surface area contributed by atoms with Crippen LogP contribution in [-0.2, 0) is 58.2 Å². The molecule has 360 valence electrons. The maximum atomic E-state index is 13.1. The van der Waals surface area contributed by atoms with Gasteiger partial charge in [0.2, 0.25) is 23.0 Å². The minimum atomic E-state index is -4.91. The Hall–Kier alpha value is -6.05. The molecule has 0 aliphatic carbocycles. The van der Waals surface area contributed by atoms with Crippen molar-refractivity contribution in [3.63, 3.8) is 0 Å². The van der Waals surface area contributed by atoms with Crippen LogP contribution in [0.15, 0.2) is 31.3 Å². The number of hydrogen-bond donors (Lipinski definition) is 2. The fourth-order valence-corrected chi connectivity index (χ4v) is 7.74. The van der Waals surface area contributed by atoms with Crippen molar-refractivity contribution in [1.82, 2.24) is 19.6 Å². The Labute approximate surface area is 387 Å². The van der Waals surface area contributed by atoms with Crippen molar-refractivity contribution in [2.24, 2.45) is 32.4 Å². The molecule has 0 aromatic carbocycles. The Kier molecular flexibility index (Phi) is 17.7. The van der Waals surface area contributed by atoms with E-state index in [1.54, 1.807) is 60.8 Å². The third-order valence-corrected chi connectivity index (χ3v) is 11.4. The number of hydrogen-bond acceptors (Lipinski definition) is 20. The van der Waals surface area contributed by atoms with Crippen LogP contribution in [0.1, 0.15) is 103 Å². The molecule has 2 aromatic rings. The van der Waals surface area contributed by atoms with Crippen LogP contribution in [0, 0.1) is 25.7 Å². The zero-order valence-corrected chi connectivity index (χ0v) is 40.7. The van der Waals surface area contributed by atoms with Gasteiger partial charge in [-0.1, -0.05) is 20.5 Å². The summed E-state index contributed by atoms with van der Waals surface area (Å²) in [5.41, 5.74) is 12.5. The lowest BCUT2D eigenvalue weighted by Gasteiger charge is -2.43. The number of carbonyl (C=O) groups excluding carboxylic acids is 6. The third kappa shape index (κ3) is 15.0. The topological polar surface area (TPSA) is 357 Å². The van der Waals surface area contributed by atoms with Crippen molar-refractivity contribution in [1.29, 1.82) is 0 Å². The summed E-state index contributed by atoms with van der Waals surface area (Å²) < 4.78 is 43.1. The van der Waals surface area contributed by atoms with Crippen LogP contribution < -0.4 is 5.32 Å². The first-order chi connectivity index (χ1) is 30.3. The van der Waals surface area contributed by atoms with E-state index in [9.17, 15) is 41.7 Å². The molecular formula is C38H52N12O13S3. The Morgan fingerprint density at radius 2 is 1.17 bits per heavy atom. The first kappa shape index (κ1) is 54.3. The summed E-state index contributed by atoms with van der Waals surface area (Å²) in [6.07, 6.45) is -0.703. The molecule has 2 fully saturated rings. The lowest BCUT2D eigenvalue weighted by atomic mass is 9.85. The van der Waals surface area contributed by atoms with Gasteiger partial charge >= 0.3 is 22.2 Å². The van der Waals surface area contributed by atoms with Gasteiger partial charge in [0.05, 0.1) is 27.9 Å². The highest BCUT2D eigenvalue weighted by atomic mass is 32.2. The fraction of sp³-hybridized carbons (Fsp3) is 0.632. The molecule has 0 bridgehead atoms. The number of aryl methyl sites for hydroxylation is 2. The average Bonchev–Trinajstić information content (AvgIpc) is 3.81. The number of carbonyl (C=O) groups is 6. The Morgan fingerprint density at radius 3 is 1.52 bits per heavy atom. The van der Waals surface area contributed by atoms with E-state index in [1.165, 1.54) is 55.7 Å². The Morgan fingerprint density at radius 1 is 0.758 bits per heavy atom. The second kappa shape index (κ2) is 21.5. The van der Waals surface area contributed by atoms with E-state index in [4.69, 9.17) is 30.2 Å². The summed E-state index contributed by atoms with van der Waals surface area (Å²) in [6.45, 7) is 19.0. The summed E-state index contributed by atoms with van der Waals surface area (Å²) in [4.78, 5) is 99.8. The van der Waals surface area contributed by atoms with Crippen LogP contribution in [0.4, 0.5) is 0 Å². The molecule has 0 saturated carbocycles. The number of ketones is 2. The molecule has 0 spiro atoms. The second-order valence-corrected chi connectivity index (χ2v) is 21.1. The molecule has 0 unspecified atom stereocenters.